The second kappa shape index (κ2) is 5.01. The van der Waals surface area contributed by atoms with Crippen molar-refractivity contribution >= 4 is 17.0 Å². The molecule has 0 spiro atoms. The highest BCUT2D eigenvalue weighted by molar-refractivity contribution is 5.75. The number of pyridine rings is 1. The molecule has 0 bridgehead atoms. The van der Waals surface area contributed by atoms with Gasteiger partial charge in [-0.2, -0.15) is 0 Å². The second-order valence-corrected chi connectivity index (χ2v) is 5.04. The molecule has 19 heavy (non-hydrogen) atoms. The molecule has 2 N–H and O–H groups in total. The molecule has 1 atom stereocenters. The topological polar surface area (TPSA) is 69.2 Å². The third-order valence-electron chi connectivity index (χ3n) is 3.73. The van der Waals surface area contributed by atoms with Gasteiger partial charge in [-0.15, -0.1) is 0 Å². The van der Waals surface area contributed by atoms with Crippen molar-refractivity contribution in [3.63, 3.8) is 0 Å². The Labute approximate surface area is 111 Å². The van der Waals surface area contributed by atoms with Gasteiger partial charge in [0.25, 0.3) is 0 Å². The van der Waals surface area contributed by atoms with Crippen molar-refractivity contribution in [3.8, 4) is 0 Å². The van der Waals surface area contributed by atoms with Gasteiger partial charge in [0, 0.05) is 18.1 Å². The SMILES string of the molecule is O=C(O)[C@@H]1CCCCN1Cc1ccc2cc[nH]c2n1. The summed E-state index contributed by atoms with van der Waals surface area (Å²) in [5.74, 6) is -0.722. The van der Waals surface area contributed by atoms with E-state index in [0.29, 0.717) is 6.54 Å². The van der Waals surface area contributed by atoms with Crippen molar-refractivity contribution in [2.45, 2.75) is 31.8 Å². The van der Waals surface area contributed by atoms with Crippen molar-refractivity contribution < 1.29 is 9.90 Å². The number of hydrogen-bond acceptors (Lipinski definition) is 3. The maximum Gasteiger partial charge on any atom is 0.320 e. The molecule has 1 saturated heterocycles. The van der Waals surface area contributed by atoms with E-state index in [1.54, 1.807) is 0 Å². The number of fused-ring (bicyclic) bond motifs is 1. The number of aromatic amines is 1. The van der Waals surface area contributed by atoms with Crippen LogP contribution in [0.25, 0.3) is 11.0 Å². The maximum atomic E-state index is 11.3. The van der Waals surface area contributed by atoms with Crippen LogP contribution in [0.3, 0.4) is 0 Å². The molecule has 5 nitrogen and oxygen atoms in total. The van der Waals surface area contributed by atoms with Gasteiger partial charge in [-0.05, 0) is 37.6 Å². The van der Waals surface area contributed by atoms with Crippen molar-refractivity contribution in [2.75, 3.05) is 6.54 Å². The average molecular weight is 259 g/mol. The number of nitrogens with one attached hydrogen (secondary N) is 1. The first-order chi connectivity index (χ1) is 9.24. The molecule has 0 aromatic carbocycles. The maximum absolute atomic E-state index is 11.3. The number of piperidine rings is 1. The number of aliphatic carboxylic acids is 1. The molecule has 3 rings (SSSR count). The highest BCUT2D eigenvalue weighted by atomic mass is 16.4. The van der Waals surface area contributed by atoms with Gasteiger partial charge in [-0.25, -0.2) is 4.98 Å². The molecule has 5 heteroatoms. The van der Waals surface area contributed by atoms with E-state index < -0.39 is 5.97 Å². The van der Waals surface area contributed by atoms with Crippen LogP contribution in [0.4, 0.5) is 0 Å². The molecule has 0 unspecified atom stereocenters. The Bertz CT molecular complexity index is 593. The van der Waals surface area contributed by atoms with Crippen LogP contribution >= 0.6 is 0 Å². The van der Waals surface area contributed by atoms with Gasteiger partial charge in [-0.3, -0.25) is 9.69 Å². The lowest BCUT2D eigenvalue weighted by Crippen LogP contribution is -2.44. The van der Waals surface area contributed by atoms with E-state index in [2.05, 4.69) is 9.97 Å². The second-order valence-electron chi connectivity index (χ2n) is 5.04. The van der Waals surface area contributed by atoms with Gasteiger partial charge in [0.15, 0.2) is 0 Å². The van der Waals surface area contributed by atoms with Crippen LogP contribution in [0, 0.1) is 0 Å². The van der Waals surface area contributed by atoms with E-state index in [4.69, 9.17) is 0 Å². The lowest BCUT2D eigenvalue weighted by atomic mass is 10.0. The zero-order chi connectivity index (χ0) is 13.2. The van der Waals surface area contributed by atoms with Gasteiger partial charge in [-0.1, -0.05) is 6.42 Å². The Morgan fingerprint density at radius 2 is 2.32 bits per heavy atom. The number of carboxylic acids is 1. The molecule has 1 aliphatic rings. The van der Waals surface area contributed by atoms with Crippen LogP contribution in [0.15, 0.2) is 24.4 Å². The summed E-state index contributed by atoms with van der Waals surface area (Å²) in [6, 6.07) is 5.61. The summed E-state index contributed by atoms with van der Waals surface area (Å²) in [6.07, 6.45) is 4.66. The molecule has 0 radical (unpaired) electrons. The predicted octanol–water partition coefficient (Wildman–Crippen LogP) is 2.00. The summed E-state index contributed by atoms with van der Waals surface area (Å²) in [5.41, 5.74) is 1.78. The van der Waals surface area contributed by atoms with Crippen LogP contribution in [-0.4, -0.2) is 38.5 Å². The number of carbonyl (C=O) groups is 1. The normalized spacial score (nSPS) is 20.7. The molecule has 0 amide bonds. The Kier molecular flexibility index (Phi) is 3.21. The van der Waals surface area contributed by atoms with Gasteiger partial charge in [0.05, 0.1) is 5.69 Å². The van der Waals surface area contributed by atoms with E-state index >= 15 is 0 Å². The fourth-order valence-corrected chi connectivity index (χ4v) is 2.73. The zero-order valence-electron chi connectivity index (χ0n) is 10.7. The van der Waals surface area contributed by atoms with E-state index in [-0.39, 0.29) is 6.04 Å². The first-order valence-corrected chi connectivity index (χ1v) is 6.64. The first kappa shape index (κ1) is 12.2. The van der Waals surface area contributed by atoms with Crippen molar-refractivity contribution in [1.29, 1.82) is 0 Å². The molecular weight excluding hydrogens is 242 g/mol. The molecule has 0 saturated carbocycles. The number of H-pyrrole nitrogens is 1. The Morgan fingerprint density at radius 1 is 1.42 bits per heavy atom. The first-order valence-electron chi connectivity index (χ1n) is 6.64. The third kappa shape index (κ3) is 2.46. The summed E-state index contributed by atoms with van der Waals surface area (Å²) >= 11 is 0. The Morgan fingerprint density at radius 3 is 3.16 bits per heavy atom. The van der Waals surface area contributed by atoms with Crippen LogP contribution in [0.1, 0.15) is 25.0 Å². The van der Waals surface area contributed by atoms with Crippen molar-refractivity contribution in [3.05, 3.63) is 30.1 Å². The van der Waals surface area contributed by atoms with E-state index in [1.165, 1.54) is 0 Å². The van der Waals surface area contributed by atoms with Crippen molar-refractivity contribution in [2.24, 2.45) is 0 Å². The van der Waals surface area contributed by atoms with E-state index in [0.717, 1.165) is 42.5 Å². The molecular formula is C14H17N3O2. The zero-order valence-corrected chi connectivity index (χ0v) is 10.7. The molecule has 3 heterocycles. The fraction of sp³-hybridized carbons (Fsp3) is 0.429. The number of nitrogens with zero attached hydrogens (tertiary/aromatic N) is 2. The minimum atomic E-state index is -0.722. The largest absolute Gasteiger partial charge is 0.480 e. The van der Waals surface area contributed by atoms with Gasteiger partial charge in [0.2, 0.25) is 0 Å². The summed E-state index contributed by atoms with van der Waals surface area (Å²) < 4.78 is 0. The minimum absolute atomic E-state index is 0.366. The molecule has 1 fully saturated rings. The molecule has 2 aromatic heterocycles. The van der Waals surface area contributed by atoms with Gasteiger partial charge in [0.1, 0.15) is 11.7 Å². The van der Waals surface area contributed by atoms with Crippen LogP contribution < -0.4 is 0 Å². The summed E-state index contributed by atoms with van der Waals surface area (Å²) in [5, 5.41) is 10.3. The lowest BCUT2D eigenvalue weighted by molar-refractivity contribution is -0.144. The third-order valence-corrected chi connectivity index (χ3v) is 3.73. The van der Waals surface area contributed by atoms with Crippen molar-refractivity contribution in [1.82, 2.24) is 14.9 Å². The number of aromatic nitrogens is 2. The van der Waals surface area contributed by atoms with Crippen LogP contribution in [0.2, 0.25) is 0 Å². The predicted molar refractivity (Wildman–Crippen MR) is 71.8 cm³/mol. The average Bonchev–Trinajstić information content (AvgIpc) is 2.86. The number of likely N-dealkylation sites (tertiary alicyclic amines) is 1. The van der Waals surface area contributed by atoms with Gasteiger partial charge < -0.3 is 10.1 Å². The number of carboxylic acid groups (broad SMARTS) is 1. The highest BCUT2D eigenvalue weighted by Crippen LogP contribution is 2.20. The number of hydrogen-bond donors (Lipinski definition) is 2. The quantitative estimate of drug-likeness (QED) is 0.884. The summed E-state index contributed by atoms with van der Waals surface area (Å²) in [7, 11) is 0. The summed E-state index contributed by atoms with van der Waals surface area (Å²) in [6.45, 7) is 1.44. The fourth-order valence-electron chi connectivity index (χ4n) is 2.73. The number of rotatable bonds is 3. The smallest absolute Gasteiger partial charge is 0.320 e. The molecule has 0 aliphatic carbocycles. The highest BCUT2D eigenvalue weighted by Gasteiger charge is 2.28. The Balaban J connectivity index is 1.80. The molecule has 100 valence electrons. The minimum Gasteiger partial charge on any atom is -0.480 e. The standard InChI is InChI=1S/C14H17N3O2/c18-14(19)12-3-1-2-8-17(12)9-11-5-4-10-6-7-15-13(10)16-11/h4-7,12H,1-3,8-9H2,(H,15,16)(H,18,19)/t12-/m0/s1. The van der Waals surface area contributed by atoms with E-state index in [9.17, 15) is 9.90 Å². The van der Waals surface area contributed by atoms with E-state index in [1.807, 2.05) is 29.3 Å². The summed E-state index contributed by atoms with van der Waals surface area (Å²) in [4.78, 5) is 20.9. The van der Waals surface area contributed by atoms with Crippen LogP contribution in [-0.2, 0) is 11.3 Å². The van der Waals surface area contributed by atoms with Gasteiger partial charge >= 0.3 is 5.97 Å². The van der Waals surface area contributed by atoms with Crippen LogP contribution in [0.5, 0.6) is 0 Å². The monoisotopic (exact) mass is 259 g/mol. The lowest BCUT2D eigenvalue weighted by Gasteiger charge is -2.32. The molecule has 2 aromatic rings. The Hall–Kier alpha value is -1.88. The molecule has 1 aliphatic heterocycles.